The first kappa shape index (κ1) is 19.8. The number of nitrogens with one attached hydrogen (secondary N) is 2. The molecule has 2 saturated carbocycles. The zero-order valence-electron chi connectivity index (χ0n) is 16.8. The van der Waals surface area contributed by atoms with Crippen molar-refractivity contribution in [2.75, 3.05) is 26.8 Å². The fourth-order valence-electron chi connectivity index (χ4n) is 4.30. The van der Waals surface area contributed by atoms with Gasteiger partial charge in [0, 0.05) is 31.2 Å². The molecule has 2 fully saturated rings. The summed E-state index contributed by atoms with van der Waals surface area (Å²) in [5.74, 6) is 1.55. The van der Waals surface area contributed by atoms with E-state index in [4.69, 9.17) is 14.5 Å². The molecule has 3 N–H and O–H groups in total. The monoisotopic (exact) mass is 375 g/mol. The number of hydrogen-bond donors (Lipinski definition) is 3. The Balaban J connectivity index is 1.57. The molecule has 0 aromatic heterocycles. The van der Waals surface area contributed by atoms with Crippen molar-refractivity contribution in [2.24, 2.45) is 10.4 Å². The maximum Gasteiger partial charge on any atom is 0.191 e. The zero-order valence-corrected chi connectivity index (χ0v) is 16.8. The summed E-state index contributed by atoms with van der Waals surface area (Å²) in [6, 6.07) is 5.90. The molecule has 27 heavy (non-hydrogen) atoms. The first-order chi connectivity index (χ1) is 13.1. The molecule has 0 saturated heterocycles. The molecule has 1 spiro atoms. The van der Waals surface area contributed by atoms with Gasteiger partial charge in [-0.05, 0) is 57.2 Å². The van der Waals surface area contributed by atoms with Crippen LogP contribution in [0, 0.1) is 5.41 Å². The van der Waals surface area contributed by atoms with Crippen molar-refractivity contribution in [3.63, 3.8) is 0 Å². The van der Waals surface area contributed by atoms with E-state index in [9.17, 15) is 5.11 Å². The number of phenols is 1. The summed E-state index contributed by atoms with van der Waals surface area (Å²) in [5.41, 5.74) is 1.41. The molecule has 1 aromatic rings. The molecular formula is C21H33N3O3. The van der Waals surface area contributed by atoms with E-state index < -0.39 is 0 Å². The summed E-state index contributed by atoms with van der Waals surface area (Å²) in [5, 5.41) is 16.7. The third kappa shape index (κ3) is 4.15. The second-order valence-electron chi connectivity index (χ2n) is 7.48. The van der Waals surface area contributed by atoms with Gasteiger partial charge < -0.3 is 25.2 Å². The van der Waals surface area contributed by atoms with Crippen LogP contribution in [0.25, 0.3) is 0 Å². The Bertz CT molecular complexity index is 658. The molecule has 2 atom stereocenters. The lowest BCUT2D eigenvalue weighted by Crippen LogP contribution is -2.68. The van der Waals surface area contributed by atoms with E-state index in [1.165, 1.54) is 19.3 Å². The van der Waals surface area contributed by atoms with Gasteiger partial charge in [0.05, 0.1) is 13.2 Å². The molecule has 2 aliphatic rings. The van der Waals surface area contributed by atoms with Crippen molar-refractivity contribution in [1.29, 1.82) is 0 Å². The quantitative estimate of drug-likeness (QED) is 0.481. The maximum atomic E-state index is 9.71. The van der Waals surface area contributed by atoms with Gasteiger partial charge in [0.15, 0.2) is 17.5 Å². The van der Waals surface area contributed by atoms with Crippen LogP contribution >= 0.6 is 0 Å². The third-order valence-corrected chi connectivity index (χ3v) is 6.01. The minimum Gasteiger partial charge on any atom is -0.504 e. The van der Waals surface area contributed by atoms with Crippen molar-refractivity contribution in [3.05, 3.63) is 23.8 Å². The molecule has 6 nitrogen and oxygen atoms in total. The van der Waals surface area contributed by atoms with Crippen LogP contribution in [0.5, 0.6) is 11.5 Å². The van der Waals surface area contributed by atoms with Gasteiger partial charge in [-0.3, -0.25) is 4.99 Å². The van der Waals surface area contributed by atoms with E-state index in [0.717, 1.165) is 37.5 Å². The summed E-state index contributed by atoms with van der Waals surface area (Å²) < 4.78 is 11.1. The predicted molar refractivity (Wildman–Crippen MR) is 108 cm³/mol. The molecule has 1 aromatic carbocycles. The number of nitrogens with zero attached hydrogens (tertiary/aromatic N) is 1. The van der Waals surface area contributed by atoms with Crippen LogP contribution in [0.1, 0.15) is 45.1 Å². The number of hydrogen-bond acceptors (Lipinski definition) is 4. The van der Waals surface area contributed by atoms with Crippen LogP contribution in [-0.4, -0.2) is 50.0 Å². The Morgan fingerprint density at radius 3 is 2.78 bits per heavy atom. The van der Waals surface area contributed by atoms with Crippen LogP contribution < -0.4 is 15.4 Å². The smallest absolute Gasteiger partial charge is 0.191 e. The number of ether oxygens (including phenoxy) is 2. The zero-order chi connectivity index (χ0) is 19.3. The second-order valence-corrected chi connectivity index (χ2v) is 7.48. The first-order valence-corrected chi connectivity index (χ1v) is 10.1. The number of aliphatic imine (C=N–C) groups is 1. The topological polar surface area (TPSA) is 75.1 Å². The molecule has 3 rings (SSSR count). The maximum absolute atomic E-state index is 9.71. The van der Waals surface area contributed by atoms with Crippen molar-refractivity contribution in [1.82, 2.24) is 10.6 Å². The first-order valence-electron chi connectivity index (χ1n) is 10.1. The third-order valence-electron chi connectivity index (χ3n) is 6.01. The fraction of sp³-hybridized carbons (Fsp3) is 0.667. The average molecular weight is 376 g/mol. The Hall–Kier alpha value is -1.95. The van der Waals surface area contributed by atoms with Crippen LogP contribution in [0.2, 0.25) is 0 Å². The number of phenolic OH excluding ortho intramolecular Hbond substituents is 1. The standard InChI is InChI=1S/C21H33N3O3/c1-4-22-20(23-12-9-15-7-8-16(25)17(13-15)26-3)24-18-14-19(27-5-2)21(18)10-6-11-21/h7-8,13,18-19,25H,4-6,9-12,14H2,1-3H3,(H2,22,23,24). The summed E-state index contributed by atoms with van der Waals surface area (Å²) in [7, 11) is 1.56. The number of rotatable bonds is 8. The van der Waals surface area contributed by atoms with Crippen molar-refractivity contribution >= 4 is 5.96 Å². The molecule has 0 bridgehead atoms. The highest BCUT2D eigenvalue weighted by Gasteiger charge is 2.59. The summed E-state index contributed by atoms with van der Waals surface area (Å²) in [4.78, 5) is 4.75. The number of aromatic hydroxyl groups is 1. The van der Waals surface area contributed by atoms with Gasteiger partial charge in [0.1, 0.15) is 0 Å². The van der Waals surface area contributed by atoms with Gasteiger partial charge >= 0.3 is 0 Å². The van der Waals surface area contributed by atoms with Gasteiger partial charge in [0.2, 0.25) is 0 Å². The van der Waals surface area contributed by atoms with Crippen molar-refractivity contribution in [3.8, 4) is 11.5 Å². The van der Waals surface area contributed by atoms with E-state index in [1.54, 1.807) is 13.2 Å². The van der Waals surface area contributed by atoms with E-state index in [1.807, 2.05) is 12.1 Å². The van der Waals surface area contributed by atoms with E-state index in [-0.39, 0.29) is 5.75 Å². The number of guanidine groups is 1. The molecule has 2 aliphatic carbocycles. The lowest BCUT2D eigenvalue weighted by atomic mass is 9.51. The highest BCUT2D eigenvalue weighted by atomic mass is 16.5. The minimum absolute atomic E-state index is 0.166. The van der Waals surface area contributed by atoms with Gasteiger partial charge in [-0.2, -0.15) is 0 Å². The second kappa shape index (κ2) is 8.83. The van der Waals surface area contributed by atoms with Crippen LogP contribution in [-0.2, 0) is 11.2 Å². The Morgan fingerprint density at radius 2 is 2.15 bits per heavy atom. The molecule has 2 unspecified atom stereocenters. The average Bonchev–Trinajstić information content (AvgIpc) is 2.60. The number of benzene rings is 1. The minimum atomic E-state index is 0.166. The normalized spacial score (nSPS) is 23.4. The largest absolute Gasteiger partial charge is 0.504 e. The van der Waals surface area contributed by atoms with Crippen molar-refractivity contribution < 1.29 is 14.6 Å². The van der Waals surface area contributed by atoms with Gasteiger partial charge in [-0.25, -0.2) is 0 Å². The summed E-state index contributed by atoms with van der Waals surface area (Å²) in [6.45, 7) is 6.48. The lowest BCUT2D eigenvalue weighted by molar-refractivity contribution is -0.168. The number of methoxy groups -OCH3 is 1. The fourth-order valence-corrected chi connectivity index (χ4v) is 4.30. The highest BCUT2D eigenvalue weighted by Crippen LogP contribution is 2.57. The Labute approximate surface area is 162 Å². The molecular weight excluding hydrogens is 342 g/mol. The molecule has 0 heterocycles. The molecule has 150 valence electrons. The highest BCUT2D eigenvalue weighted by molar-refractivity contribution is 5.80. The van der Waals surface area contributed by atoms with Crippen molar-refractivity contribution in [2.45, 2.75) is 58.1 Å². The van der Waals surface area contributed by atoms with Gasteiger partial charge in [-0.1, -0.05) is 12.5 Å². The van der Waals surface area contributed by atoms with E-state index in [2.05, 4.69) is 24.5 Å². The molecule has 0 radical (unpaired) electrons. The van der Waals surface area contributed by atoms with Crippen LogP contribution in [0.15, 0.2) is 23.2 Å². The Kier molecular flexibility index (Phi) is 6.47. The SMILES string of the molecule is CCNC(=NCCc1ccc(O)c(OC)c1)NC1CC(OCC)C12CCC2. The Morgan fingerprint density at radius 1 is 1.33 bits per heavy atom. The van der Waals surface area contributed by atoms with Gasteiger partial charge in [0.25, 0.3) is 0 Å². The van der Waals surface area contributed by atoms with Crippen LogP contribution in [0.3, 0.4) is 0 Å². The van der Waals surface area contributed by atoms with E-state index >= 15 is 0 Å². The van der Waals surface area contributed by atoms with Gasteiger partial charge in [-0.15, -0.1) is 0 Å². The predicted octanol–water partition coefficient (Wildman–Crippen LogP) is 2.85. The lowest BCUT2D eigenvalue weighted by Gasteiger charge is -2.61. The van der Waals surface area contributed by atoms with E-state index in [0.29, 0.717) is 29.9 Å². The molecule has 0 aliphatic heterocycles. The molecule has 6 heteroatoms. The van der Waals surface area contributed by atoms with Crippen LogP contribution in [0.4, 0.5) is 0 Å². The summed E-state index contributed by atoms with van der Waals surface area (Å²) >= 11 is 0. The molecule has 0 amide bonds. The summed E-state index contributed by atoms with van der Waals surface area (Å²) in [6.07, 6.45) is 6.07.